The van der Waals surface area contributed by atoms with Gasteiger partial charge in [0.2, 0.25) is 4.33 Å². The molecule has 1 aliphatic rings. The van der Waals surface area contributed by atoms with Gasteiger partial charge < -0.3 is 9.53 Å². The molecular formula is C11H9Cl2NO3. The third-order valence-corrected chi connectivity index (χ3v) is 3.40. The van der Waals surface area contributed by atoms with Gasteiger partial charge in [0.05, 0.1) is 7.11 Å². The topological polar surface area (TPSA) is 46.6 Å². The molecule has 1 saturated heterocycles. The predicted octanol–water partition coefficient (Wildman–Crippen LogP) is 1.78. The first-order chi connectivity index (χ1) is 8.02. The molecular weight excluding hydrogens is 265 g/mol. The minimum Gasteiger partial charge on any atom is -0.497 e. The van der Waals surface area contributed by atoms with Gasteiger partial charge in [-0.3, -0.25) is 9.69 Å². The zero-order chi connectivity index (χ0) is 12.6. The summed E-state index contributed by atoms with van der Waals surface area (Å²) in [4.78, 5) is 23.8. The normalized spacial score (nSPS) is 21.9. The van der Waals surface area contributed by atoms with Crippen molar-refractivity contribution in [2.75, 3.05) is 12.0 Å². The Balaban J connectivity index is 2.28. The highest BCUT2D eigenvalue weighted by Gasteiger charge is 2.59. The SMILES string of the molecule is COc1ccc(N2C(=O)C(Cl)(Cl)[C@@H]2C=O)cc1. The molecule has 0 saturated carbocycles. The fourth-order valence-electron chi connectivity index (χ4n) is 1.68. The molecule has 2 rings (SSSR count). The van der Waals surface area contributed by atoms with E-state index in [0.717, 1.165) is 0 Å². The first kappa shape index (κ1) is 12.2. The van der Waals surface area contributed by atoms with Crippen molar-refractivity contribution in [3.05, 3.63) is 24.3 Å². The van der Waals surface area contributed by atoms with Crippen LogP contribution in [0.1, 0.15) is 0 Å². The molecule has 1 amide bonds. The zero-order valence-electron chi connectivity index (χ0n) is 8.89. The molecule has 1 aliphatic heterocycles. The Bertz CT molecular complexity index is 458. The van der Waals surface area contributed by atoms with Crippen LogP contribution in [-0.4, -0.2) is 29.7 Å². The van der Waals surface area contributed by atoms with Gasteiger partial charge in [-0.15, -0.1) is 0 Å². The first-order valence-electron chi connectivity index (χ1n) is 4.83. The zero-order valence-corrected chi connectivity index (χ0v) is 10.4. The van der Waals surface area contributed by atoms with E-state index in [1.54, 1.807) is 31.4 Å². The monoisotopic (exact) mass is 273 g/mol. The van der Waals surface area contributed by atoms with Crippen LogP contribution in [0, 0.1) is 0 Å². The molecule has 0 bridgehead atoms. The summed E-state index contributed by atoms with van der Waals surface area (Å²) < 4.78 is 3.35. The van der Waals surface area contributed by atoms with Crippen molar-refractivity contribution < 1.29 is 14.3 Å². The van der Waals surface area contributed by atoms with Crippen LogP contribution in [0.15, 0.2) is 24.3 Å². The average Bonchev–Trinajstić information content (AvgIpc) is 2.35. The Morgan fingerprint density at radius 2 is 1.94 bits per heavy atom. The fourth-order valence-corrected chi connectivity index (χ4v) is 2.16. The van der Waals surface area contributed by atoms with Crippen LogP contribution in [0.3, 0.4) is 0 Å². The van der Waals surface area contributed by atoms with Gasteiger partial charge in [0.15, 0.2) is 0 Å². The van der Waals surface area contributed by atoms with E-state index >= 15 is 0 Å². The van der Waals surface area contributed by atoms with Gasteiger partial charge in [-0.1, -0.05) is 23.2 Å². The highest BCUT2D eigenvalue weighted by atomic mass is 35.5. The number of amides is 1. The van der Waals surface area contributed by atoms with Crippen LogP contribution >= 0.6 is 23.2 Å². The summed E-state index contributed by atoms with van der Waals surface area (Å²) in [5.74, 6) is 0.162. The fraction of sp³-hybridized carbons (Fsp3) is 0.273. The van der Waals surface area contributed by atoms with Crippen LogP contribution in [0.4, 0.5) is 5.69 Å². The van der Waals surface area contributed by atoms with E-state index in [1.807, 2.05) is 0 Å². The van der Waals surface area contributed by atoms with E-state index in [4.69, 9.17) is 27.9 Å². The van der Waals surface area contributed by atoms with Crippen LogP contribution in [0.25, 0.3) is 0 Å². The number of hydrogen-bond donors (Lipinski definition) is 0. The largest absolute Gasteiger partial charge is 0.497 e. The van der Waals surface area contributed by atoms with Crippen molar-refractivity contribution >= 4 is 41.1 Å². The molecule has 1 heterocycles. The summed E-state index contributed by atoms with van der Waals surface area (Å²) in [6.45, 7) is 0. The highest BCUT2D eigenvalue weighted by molar-refractivity contribution is 6.64. The molecule has 0 aromatic heterocycles. The van der Waals surface area contributed by atoms with E-state index in [9.17, 15) is 9.59 Å². The molecule has 0 aliphatic carbocycles. The molecule has 0 unspecified atom stereocenters. The number of halogens is 2. The molecule has 1 aromatic carbocycles. The van der Waals surface area contributed by atoms with Crippen molar-refractivity contribution in [1.82, 2.24) is 0 Å². The number of anilines is 1. The van der Waals surface area contributed by atoms with E-state index in [0.29, 0.717) is 17.7 Å². The second-order valence-electron chi connectivity index (χ2n) is 3.58. The maximum atomic E-state index is 11.7. The van der Waals surface area contributed by atoms with Crippen molar-refractivity contribution in [2.24, 2.45) is 0 Å². The third-order valence-electron chi connectivity index (χ3n) is 2.63. The summed E-state index contributed by atoms with van der Waals surface area (Å²) in [6.07, 6.45) is 0.561. The number of carbonyl (C=O) groups is 2. The van der Waals surface area contributed by atoms with Gasteiger partial charge in [0.25, 0.3) is 5.91 Å². The number of benzene rings is 1. The van der Waals surface area contributed by atoms with E-state index in [1.165, 1.54) is 4.90 Å². The summed E-state index contributed by atoms with van der Waals surface area (Å²) in [7, 11) is 1.54. The summed E-state index contributed by atoms with van der Waals surface area (Å²) in [6, 6.07) is 5.85. The number of ether oxygens (including phenoxy) is 1. The number of β-lactam (4-membered cyclic amide) rings is 1. The van der Waals surface area contributed by atoms with Crippen molar-refractivity contribution in [1.29, 1.82) is 0 Å². The molecule has 17 heavy (non-hydrogen) atoms. The lowest BCUT2D eigenvalue weighted by atomic mass is 10.0. The molecule has 1 atom stereocenters. The van der Waals surface area contributed by atoms with Gasteiger partial charge >= 0.3 is 0 Å². The molecule has 0 radical (unpaired) electrons. The molecule has 90 valence electrons. The standard InChI is InChI=1S/C11H9Cl2NO3/c1-17-8-4-2-7(3-5-8)14-9(6-15)11(12,13)10(14)16/h2-6,9H,1H3/t9-/m0/s1. The smallest absolute Gasteiger partial charge is 0.266 e. The quantitative estimate of drug-likeness (QED) is 0.479. The molecule has 0 N–H and O–H groups in total. The lowest BCUT2D eigenvalue weighted by molar-refractivity contribution is -0.128. The molecule has 0 spiro atoms. The average molecular weight is 274 g/mol. The number of methoxy groups -OCH3 is 1. The Labute approximate surface area is 108 Å². The minimum atomic E-state index is -1.65. The maximum absolute atomic E-state index is 11.7. The third kappa shape index (κ3) is 1.77. The summed E-state index contributed by atoms with van der Waals surface area (Å²) >= 11 is 11.5. The number of aldehydes is 1. The molecule has 4 nitrogen and oxygen atoms in total. The second-order valence-corrected chi connectivity index (χ2v) is 4.96. The second kappa shape index (κ2) is 4.20. The van der Waals surface area contributed by atoms with Gasteiger partial charge in [-0.05, 0) is 24.3 Å². The van der Waals surface area contributed by atoms with E-state index in [2.05, 4.69) is 0 Å². The summed E-state index contributed by atoms with van der Waals surface area (Å²) in [5, 5.41) is 0. The number of alkyl halides is 2. The first-order valence-corrected chi connectivity index (χ1v) is 5.58. The Morgan fingerprint density at radius 1 is 1.35 bits per heavy atom. The van der Waals surface area contributed by atoms with Crippen molar-refractivity contribution in [3.8, 4) is 5.75 Å². The lowest BCUT2D eigenvalue weighted by Gasteiger charge is -2.46. The number of nitrogens with zero attached hydrogens (tertiary/aromatic N) is 1. The number of rotatable bonds is 3. The van der Waals surface area contributed by atoms with Gasteiger partial charge in [-0.2, -0.15) is 0 Å². The van der Waals surface area contributed by atoms with Crippen LogP contribution in [0.2, 0.25) is 0 Å². The van der Waals surface area contributed by atoms with Crippen molar-refractivity contribution in [2.45, 2.75) is 10.4 Å². The van der Waals surface area contributed by atoms with Crippen LogP contribution in [0.5, 0.6) is 5.75 Å². The Morgan fingerprint density at radius 3 is 2.41 bits per heavy atom. The van der Waals surface area contributed by atoms with Crippen molar-refractivity contribution in [3.63, 3.8) is 0 Å². The van der Waals surface area contributed by atoms with Gasteiger partial charge in [0.1, 0.15) is 18.1 Å². The highest BCUT2D eigenvalue weighted by Crippen LogP contribution is 2.42. The van der Waals surface area contributed by atoms with E-state index in [-0.39, 0.29) is 0 Å². The molecule has 1 aromatic rings. The van der Waals surface area contributed by atoms with Gasteiger partial charge in [0, 0.05) is 5.69 Å². The predicted molar refractivity (Wildman–Crippen MR) is 64.8 cm³/mol. The minimum absolute atomic E-state index is 0.497. The van der Waals surface area contributed by atoms with Gasteiger partial charge in [-0.25, -0.2) is 0 Å². The number of hydrogen-bond acceptors (Lipinski definition) is 3. The summed E-state index contributed by atoms with van der Waals surface area (Å²) in [5.41, 5.74) is 0.560. The number of carbonyl (C=O) groups excluding carboxylic acids is 2. The maximum Gasteiger partial charge on any atom is 0.266 e. The van der Waals surface area contributed by atoms with Crippen LogP contribution < -0.4 is 9.64 Å². The Kier molecular flexibility index (Phi) is 3.02. The van der Waals surface area contributed by atoms with E-state index < -0.39 is 16.3 Å². The lowest BCUT2D eigenvalue weighted by Crippen LogP contribution is -2.69. The molecule has 6 heteroatoms. The van der Waals surface area contributed by atoms with Crippen LogP contribution in [-0.2, 0) is 9.59 Å². The molecule has 1 fully saturated rings. The Hall–Kier alpha value is -1.26.